The summed E-state index contributed by atoms with van der Waals surface area (Å²) >= 11 is 0. The highest BCUT2D eigenvalue weighted by Gasteiger charge is 2.43. The van der Waals surface area contributed by atoms with Crippen molar-refractivity contribution in [2.45, 2.75) is 26.2 Å². The summed E-state index contributed by atoms with van der Waals surface area (Å²) in [6, 6.07) is 17.9. The standard InChI is InChI=1S/C19H20NO/c1-14-19(2,3)16-11-7-8-12-17(16)20(14)13-18(21)15-9-5-4-6-10-15/h4-12H,13H2,1-3H3/q+1. The predicted octanol–water partition coefficient (Wildman–Crippen LogP) is 3.97. The molecule has 1 aliphatic rings. The molecule has 2 aromatic rings. The van der Waals surface area contributed by atoms with Gasteiger partial charge in [0.1, 0.15) is 0 Å². The molecular weight excluding hydrogens is 258 g/mol. The summed E-state index contributed by atoms with van der Waals surface area (Å²) in [6.07, 6.45) is 0. The van der Waals surface area contributed by atoms with E-state index in [9.17, 15) is 4.79 Å². The molecule has 0 aromatic heterocycles. The molecule has 0 aliphatic carbocycles. The van der Waals surface area contributed by atoms with Crippen LogP contribution in [-0.2, 0) is 5.41 Å². The van der Waals surface area contributed by atoms with Crippen molar-refractivity contribution in [3.05, 3.63) is 65.7 Å². The van der Waals surface area contributed by atoms with Crippen LogP contribution in [0.15, 0.2) is 54.6 Å². The van der Waals surface area contributed by atoms with Crippen LogP contribution in [0.1, 0.15) is 36.7 Å². The van der Waals surface area contributed by atoms with E-state index in [0.717, 1.165) is 11.3 Å². The van der Waals surface area contributed by atoms with Gasteiger partial charge < -0.3 is 0 Å². The summed E-state index contributed by atoms with van der Waals surface area (Å²) in [7, 11) is 0. The van der Waals surface area contributed by atoms with Gasteiger partial charge >= 0.3 is 0 Å². The first-order valence-electron chi connectivity index (χ1n) is 7.31. The maximum Gasteiger partial charge on any atom is 0.227 e. The number of hydrogen-bond acceptors (Lipinski definition) is 1. The average molecular weight is 278 g/mol. The fraction of sp³-hybridized carbons (Fsp3) is 0.263. The summed E-state index contributed by atoms with van der Waals surface area (Å²) in [5.41, 5.74) is 4.43. The Morgan fingerprint density at radius 3 is 2.33 bits per heavy atom. The van der Waals surface area contributed by atoms with Gasteiger partial charge in [-0.15, -0.1) is 0 Å². The van der Waals surface area contributed by atoms with Crippen molar-refractivity contribution >= 4 is 17.2 Å². The topological polar surface area (TPSA) is 20.1 Å². The number of benzene rings is 2. The fourth-order valence-electron chi connectivity index (χ4n) is 3.01. The number of hydrogen-bond donors (Lipinski definition) is 0. The summed E-state index contributed by atoms with van der Waals surface area (Å²) in [6.45, 7) is 6.96. The van der Waals surface area contributed by atoms with Crippen LogP contribution in [0.2, 0.25) is 0 Å². The summed E-state index contributed by atoms with van der Waals surface area (Å²) in [5, 5.41) is 0. The van der Waals surface area contributed by atoms with Gasteiger partial charge in [-0.3, -0.25) is 4.79 Å². The first-order valence-corrected chi connectivity index (χ1v) is 7.31. The number of carbonyl (C=O) groups excluding carboxylic acids is 1. The zero-order valence-corrected chi connectivity index (χ0v) is 12.8. The van der Waals surface area contributed by atoms with E-state index < -0.39 is 0 Å². The number of fused-ring (bicyclic) bond motifs is 1. The van der Waals surface area contributed by atoms with Gasteiger partial charge in [0.05, 0.1) is 5.41 Å². The van der Waals surface area contributed by atoms with Crippen LogP contribution in [0.25, 0.3) is 0 Å². The Balaban J connectivity index is 1.99. The van der Waals surface area contributed by atoms with Gasteiger partial charge in [0.25, 0.3) is 0 Å². The first-order chi connectivity index (χ1) is 10.0. The number of ketones is 1. The van der Waals surface area contributed by atoms with Gasteiger partial charge in [0.15, 0.2) is 5.71 Å². The molecule has 0 amide bonds. The lowest BCUT2D eigenvalue weighted by Crippen LogP contribution is -2.28. The van der Waals surface area contributed by atoms with Crippen LogP contribution >= 0.6 is 0 Å². The summed E-state index contributed by atoms with van der Waals surface area (Å²) in [4.78, 5) is 12.5. The Kier molecular flexibility index (Phi) is 3.25. The lowest BCUT2D eigenvalue weighted by atomic mass is 9.82. The molecule has 0 fully saturated rings. The SMILES string of the molecule is CC1=[N+](CC(=O)c2ccccc2)c2ccccc2C1(C)C. The van der Waals surface area contributed by atoms with E-state index in [1.165, 1.54) is 11.3 Å². The number of para-hydroxylation sites is 1. The zero-order valence-electron chi connectivity index (χ0n) is 12.8. The monoisotopic (exact) mass is 278 g/mol. The Hall–Kier alpha value is -2.22. The quantitative estimate of drug-likeness (QED) is 0.614. The molecule has 1 heterocycles. The van der Waals surface area contributed by atoms with Crippen molar-refractivity contribution in [3.8, 4) is 0 Å². The predicted molar refractivity (Wildman–Crippen MR) is 85.7 cm³/mol. The van der Waals surface area contributed by atoms with Crippen molar-refractivity contribution < 1.29 is 9.37 Å². The number of nitrogens with zero attached hydrogens (tertiary/aromatic N) is 1. The van der Waals surface area contributed by atoms with Gasteiger partial charge in [0, 0.05) is 24.1 Å². The Bertz CT molecular complexity index is 726. The van der Waals surface area contributed by atoms with Gasteiger partial charge in [0.2, 0.25) is 18.0 Å². The van der Waals surface area contributed by atoms with E-state index in [2.05, 4.69) is 43.5 Å². The van der Waals surface area contributed by atoms with Crippen LogP contribution < -0.4 is 0 Å². The summed E-state index contributed by atoms with van der Waals surface area (Å²) in [5.74, 6) is 0.155. The van der Waals surface area contributed by atoms with Gasteiger partial charge in [-0.05, 0) is 13.8 Å². The van der Waals surface area contributed by atoms with E-state index in [-0.39, 0.29) is 11.2 Å². The molecule has 2 nitrogen and oxygen atoms in total. The molecule has 0 N–H and O–H groups in total. The van der Waals surface area contributed by atoms with E-state index in [1.54, 1.807) is 0 Å². The van der Waals surface area contributed by atoms with Crippen LogP contribution in [0.5, 0.6) is 0 Å². The summed E-state index contributed by atoms with van der Waals surface area (Å²) < 4.78 is 2.16. The first kappa shape index (κ1) is 13.7. The van der Waals surface area contributed by atoms with E-state index in [1.807, 2.05) is 36.4 Å². The smallest absolute Gasteiger partial charge is 0.227 e. The van der Waals surface area contributed by atoms with Crippen LogP contribution in [-0.4, -0.2) is 22.6 Å². The van der Waals surface area contributed by atoms with Crippen molar-refractivity contribution in [1.82, 2.24) is 0 Å². The molecule has 3 rings (SSSR count). The minimum atomic E-state index is -0.0203. The molecule has 0 unspecified atom stereocenters. The van der Waals surface area contributed by atoms with Crippen molar-refractivity contribution in [1.29, 1.82) is 0 Å². The molecule has 21 heavy (non-hydrogen) atoms. The third-order valence-electron chi connectivity index (χ3n) is 4.58. The second kappa shape index (κ2) is 4.96. The van der Waals surface area contributed by atoms with Crippen molar-refractivity contribution in [2.75, 3.05) is 6.54 Å². The maximum atomic E-state index is 12.5. The van der Waals surface area contributed by atoms with Crippen molar-refractivity contribution in [3.63, 3.8) is 0 Å². The molecule has 0 bridgehead atoms. The minimum Gasteiger partial charge on any atom is -0.287 e. The number of rotatable bonds is 3. The normalized spacial score (nSPS) is 16.0. The van der Waals surface area contributed by atoms with Gasteiger partial charge in [-0.2, -0.15) is 4.58 Å². The highest BCUT2D eigenvalue weighted by atomic mass is 16.1. The number of Topliss-reactive ketones (excluding diaryl/α,β-unsaturated/α-hetero) is 1. The molecule has 0 spiro atoms. The van der Waals surface area contributed by atoms with E-state index in [4.69, 9.17) is 0 Å². The molecule has 0 radical (unpaired) electrons. The van der Waals surface area contributed by atoms with Crippen molar-refractivity contribution in [2.24, 2.45) is 0 Å². The lowest BCUT2D eigenvalue weighted by molar-refractivity contribution is -0.423. The van der Waals surface area contributed by atoms with E-state index in [0.29, 0.717) is 6.54 Å². The number of carbonyl (C=O) groups is 1. The fourth-order valence-corrected chi connectivity index (χ4v) is 3.01. The van der Waals surface area contributed by atoms with Crippen LogP contribution in [0.4, 0.5) is 5.69 Å². The highest BCUT2D eigenvalue weighted by Crippen LogP contribution is 2.39. The molecule has 0 atom stereocenters. The third-order valence-corrected chi connectivity index (χ3v) is 4.58. The Morgan fingerprint density at radius 1 is 1.00 bits per heavy atom. The maximum absolute atomic E-state index is 12.5. The Labute approximate surface area is 125 Å². The molecule has 1 aliphatic heterocycles. The second-order valence-corrected chi connectivity index (χ2v) is 6.10. The largest absolute Gasteiger partial charge is 0.287 e. The van der Waals surface area contributed by atoms with Crippen LogP contribution in [0, 0.1) is 0 Å². The molecule has 2 heteroatoms. The molecular formula is C19H20NO+. The molecule has 0 saturated carbocycles. The third kappa shape index (κ3) is 2.21. The molecule has 2 aromatic carbocycles. The lowest BCUT2D eigenvalue weighted by Gasteiger charge is -2.14. The van der Waals surface area contributed by atoms with Gasteiger partial charge in [-0.25, -0.2) is 0 Å². The van der Waals surface area contributed by atoms with E-state index >= 15 is 0 Å². The van der Waals surface area contributed by atoms with Crippen LogP contribution in [0.3, 0.4) is 0 Å². The molecule has 0 saturated heterocycles. The minimum absolute atomic E-state index is 0.0203. The van der Waals surface area contributed by atoms with Gasteiger partial charge in [-0.1, -0.05) is 48.5 Å². The average Bonchev–Trinajstić information content (AvgIpc) is 2.70. The molecule has 106 valence electrons. The highest BCUT2D eigenvalue weighted by molar-refractivity contribution is 5.99. The Morgan fingerprint density at radius 2 is 1.62 bits per heavy atom. The second-order valence-electron chi connectivity index (χ2n) is 6.10. The zero-order chi connectivity index (χ0) is 15.0.